The molecule has 108 valence electrons. The van der Waals surface area contributed by atoms with Crippen LogP contribution in [0, 0.1) is 0 Å². The summed E-state index contributed by atoms with van der Waals surface area (Å²) in [5, 5.41) is 7.67. The van der Waals surface area contributed by atoms with Crippen molar-refractivity contribution >= 4 is 5.69 Å². The van der Waals surface area contributed by atoms with Crippen LogP contribution < -0.4 is 5.32 Å². The molecule has 0 amide bonds. The molecule has 0 aliphatic heterocycles. The Labute approximate surface area is 119 Å². The van der Waals surface area contributed by atoms with Crippen molar-refractivity contribution in [2.75, 3.05) is 25.0 Å². The fraction of sp³-hybridized carbons (Fsp3) is 0.500. The number of nitrogens with one attached hydrogen (secondary N) is 1. The van der Waals surface area contributed by atoms with E-state index < -0.39 is 0 Å². The second kappa shape index (κ2) is 7.59. The summed E-state index contributed by atoms with van der Waals surface area (Å²) in [6, 6.07) is 1.90. The molecule has 6 heteroatoms. The quantitative estimate of drug-likeness (QED) is 0.793. The SMILES string of the molecule is CCN(CC)CCn1cc(NCc2ccncn2)cn1. The standard InChI is InChI=1S/C14H22N6/c1-3-19(4-2)7-8-20-11-14(10-18-20)16-9-13-5-6-15-12-17-13/h5-6,10-12,16H,3-4,7-9H2,1-2H3. The molecule has 0 spiro atoms. The van der Waals surface area contributed by atoms with Gasteiger partial charge in [-0.2, -0.15) is 5.10 Å². The highest BCUT2D eigenvalue weighted by Crippen LogP contribution is 2.06. The van der Waals surface area contributed by atoms with Crippen LogP contribution in [0.15, 0.2) is 31.0 Å². The van der Waals surface area contributed by atoms with Gasteiger partial charge in [0.1, 0.15) is 6.33 Å². The van der Waals surface area contributed by atoms with Crippen LogP contribution in [-0.2, 0) is 13.1 Å². The van der Waals surface area contributed by atoms with Crippen molar-refractivity contribution in [2.24, 2.45) is 0 Å². The predicted octanol–water partition coefficient (Wildman–Crippen LogP) is 1.63. The number of hydrogen-bond acceptors (Lipinski definition) is 5. The summed E-state index contributed by atoms with van der Waals surface area (Å²) in [7, 11) is 0. The van der Waals surface area contributed by atoms with Crippen LogP contribution in [0.4, 0.5) is 5.69 Å². The smallest absolute Gasteiger partial charge is 0.115 e. The third kappa shape index (κ3) is 4.31. The van der Waals surface area contributed by atoms with Crippen molar-refractivity contribution in [3.05, 3.63) is 36.7 Å². The molecule has 2 aromatic heterocycles. The van der Waals surface area contributed by atoms with Crippen LogP contribution in [0.25, 0.3) is 0 Å². The maximum atomic E-state index is 4.36. The first-order valence-corrected chi connectivity index (χ1v) is 7.05. The molecule has 0 saturated carbocycles. The highest BCUT2D eigenvalue weighted by Gasteiger charge is 2.02. The number of nitrogens with zero attached hydrogens (tertiary/aromatic N) is 5. The van der Waals surface area contributed by atoms with Crippen molar-refractivity contribution in [3.8, 4) is 0 Å². The molecule has 2 rings (SSSR count). The van der Waals surface area contributed by atoms with Crippen LogP contribution in [0.5, 0.6) is 0 Å². The number of rotatable bonds is 8. The third-order valence-corrected chi connectivity index (χ3v) is 3.29. The molecular weight excluding hydrogens is 252 g/mol. The summed E-state index contributed by atoms with van der Waals surface area (Å²) < 4.78 is 1.97. The average molecular weight is 274 g/mol. The third-order valence-electron chi connectivity index (χ3n) is 3.29. The van der Waals surface area contributed by atoms with Gasteiger partial charge in [0.25, 0.3) is 0 Å². The van der Waals surface area contributed by atoms with Gasteiger partial charge in [-0.15, -0.1) is 0 Å². The van der Waals surface area contributed by atoms with E-state index >= 15 is 0 Å². The van der Waals surface area contributed by atoms with Gasteiger partial charge in [0.2, 0.25) is 0 Å². The number of hydrogen-bond donors (Lipinski definition) is 1. The molecule has 0 aromatic carbocycles. The first kappa shape index (κ1) is 14.5. The minimum absolute atomic E-state index is 0.685. The zero-order valence-electron chi connectivity index (χ0n) is 12.2. The summed E-state index contributed by atoms with van der Waals surface area (Å²) in [6.07, 6.45) is 7.19. The fourth-order valence-corrected chi connectivity index (χ4v) is 1.98. The zero-order valence-corrected chi connectivity index (χ0v) is 12.2. The Morgan fingerprint density at radius 1 is 1.30 bits per heavy atom. The second-order valence-corrected chi connectivity index (χ2v) is 4.57. The summed E-state index contributed by atoms with van der Waals surface area (Å²) in [6.45, 7) is 9.15. The highest BCUT2D eigenvalue weighted by molar-refractivity contribution is 5.38. The van der Waals surface area contributed by atoms with Crippen LogP contribution in [0.1, 0.15) is 19.5 Å². The molecule has 0 aliphatic carbocycles. The minimum Gasteiger partial charge on any atom is -0.377 e. The normalized spacial score (nSPS) is 10.9. The Morgan fingerprint density at radius 3 is 2.85 bits per heavy atom. The highest BCUT2D eigenvalue weighted by atomic mass is 15.3. The average Bonchev–Trinajstić information content (AvgIpc) is 2.95. The van der Waals surface area contributed by atoms with Gasteiger partial charge in [-0.25, -0.2) is 9.97 Å². The van der Waals surface area contributed by atoms with E-state index in [0.717, 1.165) is 37.6 Å². The Bertz CT molecular complexity index is 491. The Balaban J connectivity index is 1.80. The molecule has 0 unspecified atom stereocenters. The maximum Gasteiger partial charge on any atom is 0.115 e. The van der Waals surface area contributed by atoms with Crippen molar-refractivity contribution < 1.29 is 0 Å². The summed E-state index contributed by atoms with van der Waals surface area (Å²) in [5.74, 6) is 0. The molecule has 1 N–H and O–H groups in total. The molecule has 0 bridgehead atoms. The molecule has 0 atom stereocenters. The van der Waals surface area contributed by atoms with Crippen LogP contribution in [-0.4, -0.2) is 44.3 Å². The summed E-state index contributed by atoms with van der Waals surface area (Å²) in [4.78, 5) is 10.5. The van der Waals surface area contributed by atoms with Crippen LogP contribution in [0.2, 0.25) is 0 Å². The fourth-order valence-electron chi connectivity index (χ4n) is 1.98. The van der Waals surface area contributed by atoms with Gasteiger partial charge in [0.05, 0.1) is 30.7 Å². The van der Waals surface area contributed by atoms with Crippen molar-refractivity contribution in [2.45, 2.75) is 26.9 Å². The molecule has 6 nitrogen and oxygen atoms in total. The molecule has 20 heavy (non-hydrogen) atoms. The van der Waals surface area contributed by atoms with E-state index in [2.05, 4.69) is 39.1 Å². The van der Waals surface area contributed by atoms with Gasteiger partial charge < -0.3 is 10.2 Å². The van der Waals surface area contributed by atoms with Gasteiger partial charge >= 0.3 is 0 Å². The largest absolute Gasteiger partial charge is 0.377 e. The summed E-state index contributed by atoms with van der Waals surface area (Å²) >= 11 is 0. The van der Waals surface area contributed by atoms with Crippen molar-refractivity contribution in [1.29, 1.82) is 0 Å². The zero-order chi connectivity index (χ0) is 14.2. The van der Waals surface area contributed by atoms with Gasteiger partial charge in [-0.1, -0.05) is 13.8 Å². The van der Waals surface area contributed by atoms with E-state index in [-0.39, 0.29) is 0 Å². The molecule has 2 aromatic rings. The van der Waals surface area contributed by atoms with Gasteiger partial charge in [-0.3, -0.25) is 4.68 Å². The van der Waals surface area contributed by atoms with Gasteiger partial charge in [0, 0.05) is 18.9 Å². The summed E-state index contributed by atoms with van der Waals surface area (Å²) in [5.41, 5.74) is 1.99. The lowest BCUT2D eigenvalue weighted by molar-refractivity contribution is 0.285. The molecule has 0 saturated heterocycles. The first-order chi connectivity index (χ1) is 9.81. The Morgan fingerprint density at radius 2 is 2.15 bits per heavy atom. The monoisotopic (exact) mass is 274 g/mol. The van der Waals surface area contributed by atoms with E-state index in [4.69, 9.17) is 0 Å². The van der Waals surface area contributed by atoms with Gasteiger partial charge in [-0.05, 0) is 19.2 Å². The number of aromatic nitrogens is 4. The number of anilines is 1. The molecule has 0 radical (unpaired) electrons. The molecular formula is C14H22N6. The van der Waals surface area contributed by atoms with Crippen molar-refractivity contribution in [1.82, 2.24) is 24.6 Å². The maximum absolute atomic E-state index is 4.36. The number of likely N-dealkylation sites (N-methyl/N-ethyl adjacent to an activating group) is 1. The molecule has 0 aliphatic rings. The predicted molar refractivity (Wildman–Crippen MR) is 79.4 cm³/mol. The molecule has 2 heterocycles. The van der Waals surface area contributed by atoms with E-state index in [1.807, 2.05) is 23.1 Å². The van der Waals surface area contributed by atoms with E-state index in [1.54, 1.807) is 12.5 Å². The van der Waals surface area contributed by atoms with Crippen LogP contribution >= 0.6 is 0 Å². The van der Waals surface area contributed by atoms with Gasteiger partial charge in [0.15, 0.2) is 0 Å². The topological polar surface area (TPSA) is 58.9 Å². The lowest BCUT2D eigenvalue weighted by Crippen LogP contribution is -2.27. The first-order valence-electron chi connectivity index (χ1n) is 7.05. The lowest BCUT2D eigenvalue weighted by atomic mass is 10.4. The molecule has 0 fully saturated rings. The minimum atomic E-state index is 0.685. The van der Waals surface area contributed by atoms with E-state index in [0.29, 0.717) is 6.54 Å². The van der Waals surface area contributed by atoms with Crippen molar-refractivity contribution in [3.63, 3.8) is 0 Å². The second-order valence-electron chi connectivity index (χ2n) is 4.57. The Kier molecular flexibility index (Phi) is 5.49. The Hall–Kier alpha value is -1.95. The lowest BCUT2D eigenvalue weighted by Gasteiger charge is -2.17. The van der Waals surface area contributed by atoms with Crippen LogP contribution in [0.3, 0.4) is 0 Å². The van der Waals surface area contributed by atoms with E-state index in [1.165, 1.54) is 0 Å². The van der Waals surface area contributed by atoms with E-state index in [9.17, 15) is 0 Å².